The molecule has 0 radical (unpaired) electrons. The highest BCUT2D eigenvalue weighted by Crippen LogP contribution is 2.34. The average Bonchev–Trinajstić information content (AvgIpc) is 3.12. The van der Waals surface area contributed by atoms with Crippen LogP contribution in [0.3, 0.4) is 0 Å². The lowest BCUT2D eigenvalue weighted by atomic mass is 10.1. The summed E-state index contributed by atoms with van der Waals surface area (Å²) in [5.41, 5.74) is 13.4. The van der Waals surface area contributed by atoms with Crippen LogP contribution in [-0.2, 0) is 4.74 Å². The first-order valence-corrected chi connectivity index (χ1v) is 11.8. The van der Waals surface area contributed by atoms with Gasteiger partial charge >= 0.3 is 6.09 Å². The van der Waals surface area contributed by atoms with Gasteiger partial charge in [-0.05, 0) is 50.6 Å². The minimum absolute atomic E-state index is 0.0180. The molecule has 190 valence electrons. The van der Waals surface area contributed by atoms with Crippen molar-refractivity contribution in [3.05, 3.63) is 58.9 Å². The minimum Gasteiger partial charge on any atom is -0.444 e. The number of halogens is 2. The number of carbonyl (C=O) groups is 2. The molecule has 0 spiro atoms. The molecule has 0 aliphatic carbocycles. The predicted octanol–water partition coefficient (Wildman–Crippen LogP) is 4.25. The van der Waals surface area contributed by atoms with Crippen molar-refractivity contribution >= 4 is 40.9 Å². The summed E-state index contributed by atoms with van der Waals surface area (Å²) in [7, 11) is 0. The molecule has 1 saturated heterocycles. The topological polar surface area (TPSA) is 120 Å². The molecular weight excluding hydrogens is 487 g/mol. The van der Waals surface area contributed by atoms with Gasteiger partial charge in [0.15, 0.2) is 5.82 Å². The summed E-state index contributed by atoms with van der Waals surface area (Å²) in [6.45, 7) is 7.93. The van der Waals surface area contributed by atoms with Crippen molar-refractivity contribution in [1.29, 1.82) is 0 Å². The number of amides is 1. The quantitative estimate of drug-likeness (QED) is 0.536. The second-order valence-corrected chi connectivity index (χ2v) is 9.87. The van der Waals surface area contributed by atoms with E-state index in [-0.39, 0.29) is 28.3 Å². The van der Waals surface area contributed by atoms with Crippen molar-refractivity contribution in [2.45, 2.75) is 26.4 Å². The highest BCUT2D eigenvalue weighted by molar-refractivity contribution is 6.34. The average molecular weight is 515 g/mol. The number of nitrogen functional groups attached to an aromatic ring is 2. The van der Waals surface area contributed by atoms with Crippen LogP contribution in [0, 0.1) is 5.82 Å². The van der Waals surface area contributed by atoms with Crippen LogP contribution in [0.15, 0.2) is 42.5 Å². The maximum absolute atomic E-state index is 14.3. The number of ether oxygens (including phenoxy) is 1. The summed E-state index contributed by atoms with van der Waals surface area (Å²) in [6.07, 6.45) is -0.313. The monoisotopic (exact) mass is 514 g/mol. The number of piperazine rings is 1. The van der Waals surface area contributed by atoms with Crippen LogP contribution in [0.25, 0.3) is 11.1 Å². The van der Waals surface area contributed by atoms with Crippen molar-refractivity contribution in [3.63, 3.8) is 0 Å². The molecule has 36 heavy (non-hydrogen) atoms. The summed E-state index contributed by atoms with van der Waals surface area (Å²) in [4.78, 5) is 29.1. The standard InChI is InChI=1S/C25H28ClFN6O3/c1-25(2,3)36-24(35)32-13-11-31(12-14-32)16-9-7-15(8-10-16)19-21(28)30-33(22(19)29)23(34)20-17(26)5-4-6-18(20)27/h4-10H,11-14,29H2,1-3H3,(H2,28,30). The van der Waals surface area contributed by atoms with E-state index < -0.39 is 17.3 Å². The smallest absolute Gasteiger partial charge is 0.410 e. The molecule has 1 fully saturated rings. The molecule has 3 aromatic rings. The third-order valence-corrected chi connectivity index (χ3v) is 6.08. The second kappa shape index (κ2) is 9.69. The van der Waals surface area contributed by atoms with E-state index in [0.29, 0.717) is 37.3 Å². The number of aromatic nitrogens is 2. The normalized spacial score (nSPS) is 14.1. The Kier molecular flexibility index (Phi) is 6.81. The van der Waals surface area contributed by atoms with E-state index in [1.54, 1.807) is 4.90 Å². The number of anilines is 3. The maximum atomic E-state index is 14.3. The second-order valence-electron chi connectivity index (χ2n) is 9.46. The van der Waals surface area contributed by atoms with Crippen molar-refractivity contribution in [2.24, 2.45) is 0 Å². The Morgan fingerprint density at radius 1 is 1.03 bits per heavy atom. The molecule has 11 heteroatoms. The molecule has 9 nitrogen and oxygen atoms in total. The lowest BCUT2D eigenvalue weighted by Gasteiger charge is -2.36. The number of hydrogen-bond acceptors (Lipinski definition) is 7. The number of benzene rings is 2. The molecular formula is C25H28ClFN6O3. The Labute approximate surface area is 213 Å². The molecule has 1 amide bonds. The predicted molar refractivity (Wildman–Crippen MR) is 138 cm³/mol. The van der Waals surface area contributed by atoms with Crippen LogP contribution in [0.5, 0.6) is 0 Å². The van der Waals surface area contributed by atoms with E-state index in [0.717, 1.165) is 16.4 Å². The Hall–Kier alpha value is -3.79. The zero-order chi connectivity index (χ0) is 26.2. The molecule has 0 saturated carbocycles. The largest absolute Gasteiger partial charge is 0.444 e. The molecule has 1 aliphatic heterocycles. The molecule has 4 N–H and O–H groups in total. The Morgan fingerprint density at radius 2 is 1.67 bits per heavy atom. The lowest BCUT2D eigenvalue weighted by Crippen LogP contribution is -2.50. The van der Waals surface area contributed by atoms with Gasteiger partial charge in [-0.15, -0.1) is 5.10 Å². The molecule has 0 bridgehead atoms. The van der Waals surface area contributed by atoms with Crippen LogP contribution in [0.2, 0.25) is 5.02 Å². The number of nitrogens with zero attached hydrogens (tertiary/aromatic N) is 4. The highest BCUT2D eigenvalue weighted by atomic mass is 35.5. The van der Waals surface area contributed by atoms with Gasteiger partial charge < -0.3 is 26.0 Å². The molecule has 1 aliphatic rings. The minimum atomic E-state index is -0.812. The van der Waals surface area contributed by atoms with Gasteiger partial charge in [0.25, 0.3) is 5.91 Å². The fourth-order valence-electron chi connectivity index (χ4n) is 4.02. The van der Waals surface area contributed by atoms with Gasteiger partial charge in [-0.3, -0.25) is 4.79 Å². The van der Waals surface area contributed by atoms with E-state index >= 15 is 0 Å². The van der Waals surface area contributed by atoms with Gasteiger partial charge in [0, 0.05) is 31.9 Å². The van der Waals surface area contributed by atoms with Crippen LogP contribution < -0.4 is 16.4 Å². The molecule has 0 atom stereocenters. The molecule has 4 rings (SSSR count). The number of rotatable bonds is 3. The van der Waals surface area contributed by atoms with E-state index in [1.807, 2.05) is 45.0 Å². The summed E-state index contributed by atoms with van der Waals surface area (Å²) >= 11 is 6.03. The first-order chi connectivity index (χ1) is 17.0. The van der Waals surface area contributed by atoms with E-state index in [1.165, 1.54) is 12.1 Å². The van der Waals surface area contributed by atoms with Gasteiger partial charge in [0.1, 0.15) is 17.2 Å². The first kappa shape index (κ1) is 25.3. The highest BCUT2D eigenvalue weighted by Gasteiger charge is 2.27. The molecule has 2 aromatic carbocycles. The van der Waals surface area contributed by atoms with Gasteiger partial charge in [-0.2, -0.15) is 4.68 Å². The third-order valence-electron chi connectivity index (χ3n) is 5.77. The van der Waals surface area contributed by atoms with Crippen LogP contribution in [0.1, 0.15) is 31.1 Å². The number of carbonyl (C=O) groups excluding carboxylic acids is 2. The van der Waals surface area contributed by atoms with Crippen LogP contribution >= 0.6 is 11.6 Å². The third kappa shape index (κ3) is 5.08. The van der Waals surface area contributed by atoms with Crippen LogP contribution in [0.4, 0.5) is 26.5 Å². The molecule has 2 heterocycles. The lowest BCUT2D eigenvalue weighted by molar-refractivity contribution is 0.0240. The van der Waals surface area contributed by atoms with E-state index in [2.05, 4.69) is 10.00 Å². The summed E-state index contributed by atoms with van der Waals surface area (Å²) in [5, 5.41) is 3.99. The summed E-state index contributed by atoms with van der Waals surface area (Å²) in [5.74, 6) is -1.57. The van der Waals surface area contributed by atoms with Gasteiger partial charge in [0.2, 0.25) is 0 Å². The van der Waals surface area contributed by atoms with Crippen molar-refractivity contribution in [3.8, 4) is 11.1 Å². The van der Waals surface area contributed by atoms with E-state index in [9.17, 15) is 14.0 Å². The Balaban J connectivity index is 1.50. The SMILES string of the molecule is CC(C)(C)OC(=O)N1CCN(c2ccc(-c3c(N)nn(C(=O)c4c(F)cccc4Cl)c3N)cc2)CC1. The summed E-state index contributed by atoms with van der Waals surface area (Å²) < 4.78 is 20.6. The first-order valence-electron chi connectivity index (χ1n) is 11.4. The van der Waals surface area contributed by atoms with Crippen molar-refractivity contribution in [2.75, 3.05) is 42.5 Å². The number of hydrogen-bond donors (Lipinski definition) is 2. The fourth-order valence-corrected chi connectivity index (χ4v) is 4.26. The fraction of sp³-hybridized carbons (Fsp3) is 0.320. The molecule has 1 aromatic heterocycles. The van der Waals surface area contributed by atoms with Crippen molar-refractivity contribution < 1.29 is 18.7 Å². The van der Waals surface area contributed by atoms with Crippen LogP contribution in [-0.4, -0.2) is 58.5 Å². The zero-order valence-electron chi connectivity index (χ0n) is 20.3. The summed E-state index contributed by atoms with van der Waals surface area (Å²) in [6, 6.07) is 11.4. The Bertz CT molecular complexity index is 1270. The van der Waals surface area contributed by atoms with Crippen molar-refractivity contribution in [1.82, 2.24) is 14.7 Å². The van der Waals surface area contributed by atoms with Gasteiger partial charge in [0.05, 0.1) is 16.1 Å². The Morgan fingerprint density at radius 3 is 2.25 bits per heavy atom. The van der Waals surface area contributed by atoms with Gasteiger partial charge in [-0.1, -0.05) is 29.8 Å². The van der Waals surface area contributed by atoms with E-state index in [4.69, 9.17) is 27.8 Å². The zero-order valence-corrected chi connectivity index (χ0v) is 21.1. The number of nitrogens with two attached hydrogens (primary N) is 2. The van der Waals surface area contributed by atoms with Gasteiger partial charge in [-0.25, -0.2) is 9.18 Å². The maximum Gasteiger partial charge on any atom is 0.410 e. The molecule has 0 unspecified atom stereocenters.